The molecule has 0 fully saturated rings. The summed E-state index contributed by atoms with van der Waals surface area (Å²) in [6.45, 7) is 6.19. The summed E-state index contributed by atoms with van der Waals surface area (Å²) in [5.74, 6) is 0.541. The van der Waals surface area contributed by atoms with Gasteiger partial charge in [-0.1, -0.05) is 49.8 Å². The highest BCUT2D eigenvalue weighted by molar-refractivity contribution is 7.80. The zero-order chi connectivity index (χ0) is 11.6. The molecule has 0 bridgehead atoms. The molecule has 0 spiro atoms. The Bertz CT molecular complexity index is 376. The molecular weight excluding hydrogens is 226 g/mol. The van der Waals surface area contributed by atoms with Gasteiger partial charge in [0.05, 0.1) is 4.99 Å². The van der Waals surface area contributed by atoms with Crippen LogP contribution in [0.15, 0.2) is 18.2 Å². The molecule has 2 unspecified atom stereocenters. The van der Waals surface area contributed by atoms with Crippen molar-refractivity contribution in [2.24, 2.45) is 11.7 Å². The van der Waals surface area contributed by atoms with Crippen LogP contribution in [0.1, 0.15) is 30.9 Å². The van der Waals surface area contributed by atoms with Crippen LogP contribution >= 0.6 is 23.8 Å². The van der Waals surface area contributed by atoms with Crippen LogP contribution in [0.3, 0.4) is 0 Å². The smallest absolute Gasteiger partial charge is 0.0761 e. The molecule has 2 atom stereocenters. The minimum absolute atomic E-state index is 0.209. The Morgan fingerprint density at radius 2 is 2.00 bits per heavy atom. The lowest BCUT2D eigenvalue weighted by molar-refractivity contribution is 0.626. The maximum Gasteiger partial charge on any atom is 0.0761 e. The van der Waals surface area contributed by atoms with Gasteiger partial charge in [-0.15, -0.1) is 0 Å². The molecule has 3 heteroatoms. The van der Waals surface area contributed by atoms with Crippen LogP contribution in [0.25, 0.3) is 0 Å². The first-order valence-corrected chi connectivity index (χ1v) is 5.77. The second-order valence-corrected chi connectivity index (χ2v) is 4.87. The van der Waals surface area contributed by atoms with Gasteiger partial charge in [0.2, 0.25) is 0 Å². The predicted molar refractivity (Wildman–Crippen MR) is 70.6 cm³/mol. The molecule has 0 radical (unpaired) electrons. The molecule has 1 aromatic rings. The summed E-state index contributed by atoms with van der Waals surface area (Å²) in [4.78, 5) is 0.565. The number of aryl methyl sites for hydroxylation is 1. The molecule has 0 aliphatic rings. The lowest BCUT2D eigenvalue weighted by Crippen LogP contribution is -2.23. The number of benzene rings is 1. The molecule has 1 rings (SSSR count). The molecule has 0 saturated carbocycles. The van der Waals surface area contributed by atoms with Gasteiger partial charge < -0.3 is 5.73 Å². The normalized spacial score (nSPS) is 14.7. The van der Waals surface area contributed by atoms with Gasteiger partial charge in [0, 0.05) is 10.9 Å². The lowest BCUT2D eigenvalue weighted by atomic mass is 9.88. The third-order valence-corrected chi connectivity index (χ3v) is 3.70. The minimum Gasteiger partial charge on any atom is -0.393 e. The molecular formula is C12H16ClNS. The Hall–Kier alpha value is -0.600. The van der Waals surface area contributed by atoms with Crippen molar-refractivity contribution >= 4 is 28.8 Å². The maximum atomic E-state index is 5.98. The molecule has 0 aromatic heterocycles. The summed E-state index contributed by atoms with van der Waals surface area (Å²) in [6.07, 6.45) is 0. The van der Waals surface area contributed by atoms with Crippen LogP contribution in [-0.2, 0) is 0 Å². The Labute approximate surface area is 102 Å². The Balaban J connectivity index is 2.96. The quantitative estimate of drug-likeness (QED) is 0.818. The van der Waals surface area contributed by atoms with Crippen molar-refractivity contribution in [3.05, 3.63) is 34.3 Å². The largest absolute Gasteiger partial charge is 0.393 e. The molecule has 2 N–H and O–H groups in total. The van der Waals surface area contributed by atoms with E-state index in [1.165, 1.54) is 5.56 Å². The molecule has 0 heterocycles. The summed E-state index contributed by atoms with van der Waals surface area (Å²) in [5, 5.41) is 0.800. The monoisotopic (exact) mass is 241 g/mol. The summed E-state index contributed by atoms with van der Waals surface area (Å²) < 4.78 is 0. The van der Waals surface area contributed by atoms with E-state index in [2.05, 4.69) is 19.9 Å². The molecule has 15 heavy (non-hydrogen) atoms. The summed E-state index contributed by atoms with van der Waals surface area (Å²) in [6, 6.07) is 6.06. The van der Waals surface area contributed by atoms with Crippen LogP contribution in [0, 0.1) is 12.8 Å². The summed E-state index contributed by atoms with van der Waals surface area (Å²) >= 11 is 11.0. The Kier molecular flexibility index (Phi) is 4.12. The van der Waals surface area contributed by atoms with Crippen LogP contribution in [-0.4, -0.2) is 4.99 Å². The molecule has 1 nitrogen and oxygen atoms in total. The van der Waals surface area contributed by atoms with Crippen LogP contribution < -0.4 is 5.73 Å². The van der Waals surface area contributed by atoms with E-state index < -0.39 is 0 Å². The fourth-order valence-electron chi connectivity index (χ4n) is 1.49. The van der Waals surface area contributed by atoms with Gasteiger partial charge in [-0.2, -0.15) is 0 Å². The van der Waals surface area contributed by atoms with E-state index >= 15 is 0 Å². The average Bonchev–Trinajstić information content (AvgIpc) is 2.19. The number of halogens is 1. The van der Waals surface area contributed by atoms with Gasteiger partial charge in [-0.05, 0) is 30.0 Å². The van der Waals surface area contributed by atoms with Gasteiger partial charge >= 0.3 is 0 Å². The van der Waals surface area contributed by atoms with E-state index in [0.717, 1.165) is 10.6 Å². The van der Waals surface area contributed by atoms with Gasteiger partial charge in [0.1, 0.15) is 0 Å². The SMILES string of the molecule is Cc1cc(C(C)C(C)C(N)=S)ccc1Cl. The molecule has 0 aliphatic carbocycles. The Morgan fingerprint density at radius 1 is 1.40 bits per heavy atom. The number of thiocarbonyl (C=S) groups is 1. The van der Waals surface area contributed by atoms with Gasteiger partial charge in [0.15, 0.2) is 0 Å². The highest BCUT2D eigenvalue weighted by Crippen LogP contribution is 2.27. The fourth-order valence-corrected chi connectivity index (χ4v) is 1.81. The number of nitrogens with two attached hydrogens (primary N) is 1. The lowest BCUT2D eigenvalue weighted by Gasteiger charge is -2.19. The number of hydrogen-bond donors (Lipinski definition) is 1. The molecule has 82 valence electrons. The fraction of sp³-hybridized carbons (Fsp3) is 0.417. The van der Waals surface area contributed by atoms with E-state index in [4.69, 9.17) is 29.6 Å². The summed E-state index contributed by atoms with van der Waals surface area (Å²) in [7, 11) is 0. The van der Waals surface area contributed by atoms with Crippen molar-refractivity contribution < 1.29 is 0 Å². The third-order valence-electron chi connectivity index (χ3n) is 2.91. The molecule has 0 amide bonds. The van der Waals surface area contributed by atoms with Gasteiger partial charge in [-0.25, -0.2) is 0 Å². The van der Waals surface area contributed by atoms with Crippen LogP contribution in [0.5, 0.6) is 0 Å². The van der Waals surface area contributed by atoms with Gasteiger partial charge in [0.25, 0.3) is 0 Å². The van der Waals surface area contributed by atoms with E-state index in [-0.39, 0.29) is 5.92 Å². The topological polar surface area (TPSA) is 26.0 Å². The zero-order valence-corrected chi connectivity index (χ0v) is 10.8. The maximum absolute atomic E-state index is 5.98. The van der Waals surface area contributed by atoms with Crippen molar-refractivity contribution in [1.29, 1.82) is 0 Å². The molecule has 1 aromatic carbocycles. The Morgan fingerprint density at radius 3 is 2.47 bits per heavy atom. The predicted octanol–water partition coefficient (Wildman–Crippen LogP) is 3.67. The van der Waals surface area contributed by atoms with Crippen molar-refractivity contribution in [3.8, 4) is 0 Å². The standard InChI is InChI=1S/C12H16ClNS/c1-7-6-10(4-5-11(7)13)8(2)9(3)12(14)15/h4-6,8-9H,1-3H3,(H2,14,15). The second kappa shape index (κ2) is 4.95. The van der Waals surface area contributed by atoms with Gasteiger partial charge in [-0.3, -0.25) is 0 Å². The van der Waals surface area contributed by atoms with Crippen molar-refractivity contribution in [2.75, 3.05) is 0 Å². The van der Waals surface area contributed by atoms with E-state index in [9.17, 15) is 0 Å². The highest BCUT2D eigenvalue weighted by Gasteiger charge is 2.16. The van der Waals surface area contributed by atoms with Crippen molar-refractivity contribution in [1.82, 2.24) is 0 Å². The first kappa shape index (κ1) is 12.5. The first-order valence-electron chi connectivity index (χ1n) is 4.99. The highest BCUT2D eigenvalue weighted by atomic mass is 35.5. The van der Waals surface area contributed by atoms with Crippen LogP contribution in [0.2, 0.25) is 5.02 Å². The zero-order valence-electron chi connectivity index (χ0n) is 9.25. The van der Waals surface area contributed by atoms with Crippen molar-refractivity contribution in [3.63, 3.8) is 0 Å². The van der Waals surface area contributed by atoms with E-state index in [1.807, 2.05) is 19.1 Å². The average molecular weight is 242 g/mol. The van der Waals surface area contributed by atoms with Crippen LogP contribution in [0.4, 0.5) is 0 Å². The molecule has 0 aliphatic heterocycles. The second-order valence-electron chi connectivity index (χ2n) is 3.99. The van der Waals surface area contributed by atoms with E-state index in [1.54, 1.807) is 0 Å². The van der Waals surface area contributed by atoms with E-state index in [0.29, 0.717) is 10.9 Å². The number of hydrogen-bond acceptors (Lipinski definition) is 1. The first-order chi connectivity index (χ1) is 6.93. The summed E-state index contributed by atoms with van der Waals surface area (Å²) in [5.41, 5.74) is 7.97. The third kappa shape index (κ3) is 2.93. The molecule has 0 saturated heterocycles. The van der Waals surface area contributed by atoms with Crippen molar-refractivity contribution in [2.45, 2.75) is 26.7 Å². The minimum atomic E-state index is 0.209. The number of rotatable bonds is 3.